The zero-order valence-corrected chi connectivity index (χ0v) is 15.6. The number of benzene rings is 2. The molecule has 1 nitrogen and oxygen atoms in total. The Kier molecular flexibility index (Phi) is 6.57. The number of aryl methyl sites for hydroxylation is 1. The van der Waals surface area contributed by atoms with Gasteiger partial charge in [-0.1, -0.05) is 64.4 Å². The highest BCUT2D eigenvalue weighted by molar-refractivity contribution is 5.69. The van der Waals surface area contributed by atoms with Crippen LogP contribution >= 0.6 is 0 Å². The van der Waals surface area contributed by atoms with Crippen molar-refractivity contribution in [1.29, 1.82) is 0 Å². The van der Waals surface area contributed by atoms with Crippen molar-refractivity contribution in [1.82, 2.24) is 0 Å². The smallest absolute Gasteiger partial charge is 0.387 e. The first-order chi connectivity index (χ1) is 11.8. The predicted octanol–water partition coefficient (Wildman–Crippen LogP) is 6.89. The lowest BCUT2D eigenvalue weighted by Crippen LogP contribution is -2.15. The van der Waals surface area contributed by atoms with Crippen molar-refractivity contribution < 1.29 is 13.5 Å². The molecule has 2 aromatic rings. The predicted molar refractivity (Wildman–Crippen MR) is 100 cm³/mol. The minimum atomic E-state index is -2.80. The summed E-state index contributed by atoms with van der Waals surface area (Å²) in [5.74, 6) is 0.200. The van der Waals surface area contributed by atoms with Gasteiger partial charge in [-0.05, 0) is 59.1 Å². The van der Waals surface area contributed by atoms with Gasteiger partial charge < -0.3 is 4.74 Å². The van der Waals surface area contributed by atoms with E-state index >= 15 is 0 Å². The molecule has 0 amide bonds. The number of halogens is 2. The minimum Gasteiger partial charge on any atom is -0.435 e. The molecule has 0 aromatic heterocycles. The van der Waals surface area contributed by atoms with E-state index in [1.807, 2.05) is 6.07 Å². The molecule has 0 aliphatic heterocycles. The van der Waals surface area contributed by atoms with Crippen molar-refractivity contribution in [2.45, 2.75) is 60.0 Å². The number of ether oxygens (including phenoxy) is 1. The van der Waals surface area contributed by atoms with Crippen LogP contribution in [0.2, 0.25) is 0 Å². The van der Waals surface area contributed by atoms with Crippen molar-refractivity contribution >= 4 is 0 Å². The third kappa shape index (κ3) is 5.55. The highest BCUT2D eigenvalue weighted by Crippen LogP contribution is 2.34. The lowest BCUT2D eigenvalue weighted by Gasteiger charge is -2.26. The van der Waals surface area contributed by atoms with Gasteiger partial charge in [0.05, 0.1) is 0 Å². The molecule has 0 atom stereocenters. The highest BCUT2D eigenvalue weighted by Gasteiger charge is 2.20. The molecule has 0 bridgehead atoms. The molecule has 0 heterocycles. The minimum absolute atomic E-state index is 0.200. The molecule has 0 aliphatic carbocycles. The van der Waals surface area contributed by atoms with Crippen molar-refractivity contribution in [3.05, 3.63) is 53.6 Å². The molecule has 0 N–H and O–H groups in total. The SMILES string of the molecule is CCCC(C)(C)Cc1cc(CC)ccc1-c1cccc(OC(F)F)c1. The molecule has 25 heavy (non-hydrogen) atoms. The normalized spacial score (nSPS) is 11.8. The first kappa shape index (κ1) is 19.4. The summed E-state index contributed by atoms with van der Waals surface area (Å²) in [6.45, 7) is 6.12. The maximum absolute atomic E-state index is 12.5. The van der Waals surface area contributed by atoms with Gasteiger partial charge >= 0.3 is 6.61 Å². The molecular weight excluding hydrogens is 318 g/mol. The van der Waals surface area contributed by atoms with Crippen LogP contribution < -0.4 is 4.74 Å². The molecule has 0 saturated heterocycles. The Morgan fingerprint density at radius 1 is 1.04 bits per heavy atom. The molecule has 0 aliphatic rings. The van der Waals surface area contributed by atoms with Gasteiger partial charge in [0.25, 0.3) is 0 Å². The molecule has 0 unspecified atom stereocenters. The molecule has 3 heteroatoms. The third-order valence-electron chi connectivity index (χ3n) is 4.54. The van der Waals surface area contributed by atoms with Crippen molar-refractivity contribution in [2.24, 2.45) is 5.41 Å². The Morgan fingerprint density at radius 3 is 2.44 bits per heavy atom. The second-order valence-electron chi connectivity index (χ2n) is 7.34. The van der Waals surface area contributed by atoms with Crippen molar-refractivity contribution in [3.8, 4) is 16.9 Å². The Bertz CT molecular complexity index is 692. The zero-order valence-electron chi connectivity index (χ0n) is 15.6. The van der Waals surface area contributed by atoms with E-state index in [1.165, 1.54) is 11.1 Å². The summed E-state index contributed by atoms with van der Waals surface area (Å²) in [6, 6.07) is 13.5. The van der Waals surface area contributed by atoms with E-state index in [2.05, 4.69) is 50.6 Å². The largest absolute Gasteiger partial charge is 0.435 e. The number of hydrogen-bond acceptors (Lipinski definition) is 1. The molecule has 136 valence electrons. The summed E-state index contributed by atoms with van der Waals surface area (Å²) in [7, 11) is 0. The lowest BCUT2D eigenvalue weighted by atomic mass is 9.79. The van der Waals surface area contributed by atoms with Crippen LogP contribution in [-0.2, 0) is 12.8 Å². The molecule has 2 aromatic carbocycles. The monoisotopic (exact) mass is 346 g/mol. The van der Waals surface area contributed by atoms with Gasteiger partial charge in [-0.2, -0.15) is 8.78 Å². The first-order valence-electron chi connectivity index (χ1n) is 9.01. The van der Waals surface area contributed by atoms with E-state index in [0.29, 0.717) is 0 Å². The van der Waals surface area contributed by atoms with E-state index in [9.17, 15) is 8.78 Å². The standard InChI is InChI=1S/C22H28F2O/c1-5-12-22(3,4)15-18-13-16(6-2)10-11-20(18)17-8-7-9-19(14-17)25-21(23)24/h7-11,13-14,21H,5-6,12,15H2,1-4H3. The summed E-state index contributed by atoms with van der Waals surface area (Å²) in [4.78, 5) is 0. The third-order valence-corrected chi connectivity index (χ3v) is 4.54. The van der Waals surface area contributed by atoms with Crippen molar-refractivity contribution in [3.63, 3.8) is 0 Å². The second-order valence-corrected chi connectivity index (χ2v) is 7.34. The summed E-state index contributed by atoms with van der Waals surface area (Å²) >= 11 is 0. The van der Waals surface area contributed by atoms with Crippen LogP contribution in [0.1, 0.15) is 51.7 Å². The van der Waals surface area contributed by atoms with Crippen LogP contribution in [0.25, 0.3) is 11.1 Å². The van der Waals surface area contributed by atoms with Gasteiger partial charge in [0.15, 0.2) is 0 Å². The molecule has 2 rings (SSSR count). The van der Waals surface area contributed by atoms with Crippen LogP contribution in [0.4, 0.5) is 8.78 Å². The van der Waals surface area contributed by atoms with E-state index in [4.69, 9.17) is 0 Å². The maximum Gasteiger partial charge on any atom is 0.387 e. The quantitative estimate of drug-likeness (QED) is 0.506. The van der Waals surface area contributed by atoms with Crippen LogP contribution in [0, 0.1) is 5.41 Å². The van der Waals surface area contributed by atoms with Crippen LogP contribution in [-0.4, -0.2) is 6.61 Å². The van der Waals surface area contributed by atoms with Crippen LogP contribution in [0.5, 0.6) is 5.75 Å². The number of rotatable bonds is 8. The van der Waals surface area contributed by atoms with Gasteiger partial charge in [-0.25, -0.2) is 0 Å². The fourth-order valence-electron chi connectivity index (χ4n) is 3.42. The number of hydrogen-bond donors (Lipinski definition) is 0. The topological polar surface area (TPSA) is 9.23 Å². The van der Waals surface area contributed by atoms with E-state index in [-0.39, 0.29) is 11.2 Å². The Balaban J connectivity index is 2.43. The van der Waals surface area contributed by atoms with E-state index in [1.54, 1.807) is 18.2 Å². The van der Waals surface area contributed by atoms with Gasteiger partial charge in [-0.3, -0.25) is 0 Å². The summed E-state index contributed by atoms with van der Waals surface area (Å²) < 4.78 is 29.6. The van der Waals surface area contributed by atoms with E-state index in [0.717, 1.165) is 36.8 Å². The molecule has 0 fully saturated rings. The Labute approximate surface area is 150 Å². The molecule has 0 spiro atoms. The maximum atomic E-state index is 12.5. The zero-order chi connectivity index (χ0) is 18.4. The van der Waals surface area contributed by atoms with Gasteiger partial charge in [0.1, 0.15) is 5.75 Å². The van der Waals surface area contributed by atoms with Gasteiger partial charge in [-0.15, -0.1) is 0 Å². The fraction of sp³-hybridized carbons (Fsp3) is 0.455. The summed E-state index contributed by atoms with van der Waals surface area (Å²) in [6.07, 6.45) is 4.24. The molecular formula is C22H28F2O. The average Bonchev–Trinajstić information content (AvgIpc) is 2.53. The Hall–Kier alpha value is -1.90. The average molecular weight is 346 g/mol. The van der Waals surface area contributed by atoms with Gasteiger partial charge in [0, 0.05) is 0 Å². The molecule has 0 radical (unpaired) electrons. The van der Waals surface area contributed by atoms with E-state index < -0.39 is 6.61 Å². The second kappa shape index (κ2) is 8.46. The van der Waals surface area contributed by atoms with Crippen molar-refractivity contribution in [2.75, 3.05) is 0 Å². The number of alkyl halides is 2. The van der Waals surface area contributed by atoms with Gasteiger partial charge in [0.2, 0.25) is 0 Å². The first-order valence-corrected chi connectivity index (χ1v) is 9.01. The molecule has 0 saturated carbocycles. The highest BCUT2D eigenvalue weighted by atomic mass is 19.3. The fourth-order valence-corrected chi connectivity index (χ4v) is 3.42. The van der Waals surface area contributed by atoms with Crippen LogP contribution in [0.15, 0.2) is 42.5 Å². The summed E-state index contributed by atoms with van der Waals surface area (Å²) in [5, 5.41) is 0. The Morgan fingerprint density at radius 2 is 1.80 bits per heavy atom. The van der Waals surface area contributed by atoms with Crippen LogP contribution in [0.3, 0.4) is 0 Å². The summed E-state index contributed by atoms with van der Waals surface area (Å²) in [5.41, 5.74) is 4.79. The lowest BCUT2D eigenvalue weighted by molar-refractivity contribution is -0.0498.